The first-order valence-corrected chi connectivity index (χ1v) is 13.4. The van der Waals surface area contributed by atoms with Gasteiger partial charge in [-0.2, -0.15) is 5.10 Å². The molecule has 4 aromatic rings. The minimum Gasteiger partial charge on any atom is -0.382 e. The summed E-state index contributed by atoms with van der Waals surface area (Å²) in [5.74, 6) is 0.357. The molecule has 0 bridgehead atoms. The van der Waals surface area contributed by atoms with E-state index in [1.807, 2.05) is 65.3 Å². The highest BCUT2D eigenvalue weighted by Crippen LogP contribution is 2.29. The summed E-state index contributed by atoms with van der Waals surface area (Å²) in [6.07, 6.45) is 6.02. The van der Waals surface area contributed by atoms with E-state index in [-0.39, 0.29) is 11.8 Å². The maximum absolute atomic E-state index is 12.7. The van der Waals surface area contributed by atoms with Gasteiger partial charge < -0.3 is 16.0 Å². The largest absolute Gasteiger partial charge is 0.382 e. The Morgan fingerprint density at radius 2 is 1.58 bits per heavy atom. The summed E-state index contributed by atoms with van der Waals surface area (Å²) < 4.78 is 1.84. The third kappa shape index (κ3) is 5.25. The van der Waals surface area contributed by atoms with Crippen LogP contribution >= 0.6 is 0 Å². The van der Waals surface area contributed by atoms with Crippen LogP contribution in [0.15, 0.2) is 60.8 Å². The van der Waals surface area contributed by atoms with Crippen LogP contribution in [0, 0.1) is 5.92 Å². The van der Waals surface area contributed by atoms with Crippen LogP contribution in [0.2, 0.25) is 0 Å². The number of carbonyl (C=O) groups is 2. The molecule has 8 nitrogen and oxygen atoms in total. The summed E-state index contributed by atoms with van der Waals surface area (Å²) >= 11 is 0. The van der Waals surface area contributed by atoms with Crippen molar-refractivity contribution in [3.8, 4) is 22.5 Å². The van der Waals surface area contributed by atoms with Crippen LogP contribution in [0.3, 0.4) is 0 Å². The number of hydrogen-bond donors (Lipinski definition) is 3. The van der Waals surface area contributed by atoms with Crippen LogP contribution in [0.4, 0.5) is 5.69 Å². The van der Waals surface area contributed by atoms with Crippen LogP contribution in [0.1, 0.15) is 60.2 Å². The lowest BCUT2D eigenvalue weighted by Gasteiger charge is -2.13. The first-order chi connectivity index (χ1) is 18.4. The molecule has 6 rings (SSSR count). The van der Waals surface area contributed by atoms with E-state index >= 15 is 0 Å². The molecule has 2 amide bonds. The highest BCUT2D eigenvalue weighted by molar-refractivity contribution is 5.96. The van der Waals surface area contributed by atoms with Crippen molar-refractivity contribution in [3.05, 3.63) is 71.9 Å². The van der Waals surface area contributed by atoms with E-state index in [0.29, 0.717) is 29.1 Å². The van der Waals surface area contributed by atoms with E-state index < -0.39 is 0 Å². The lowest BCUT2D eigenvalue weighted by Crippen LogP contribution is -2.25. The van der Waals surface area contributed by atoms with Gasteiger partial charge in [0.1, 0.15) is 0 Å². The maximum Gasteiger partial charge on any atom is 0.251 e. The van der Waals surface area contributed by atoms with Crippen molar-refractivity contribution in [3.63, 3.8) is 0 Å². The average molecular weight is 509 g/mol. The highest BCUT2D eigenvalue weighted by Gasteiger charge is 2.25. The van der Waals surface area contributed by atoms with Crippen LogP contribution in [-0.4, -0.2) is 45.0 Å². The molecule has 2 aromatic heterocycles. The number of imidazole rings is 1. The summed E-state index contributed by atoms with van der Waals surface area (Å²) in [4.78, 5) is 29.8. The number of benzene rings is 2. The minimum absolute atomic E-state index is 0.0385. The molecule has 38 heavy (non-hydrogen) atoms. The topological polar surface area (TPSA) is 100 Å². The zero-order chi connectivity index (χ0) is 26.2. The number of fused-ring (bicyclic) bond motifs is 1. The Kier molecular flexibility index (Phi) is 6.31. The molecular weight excluding hydrogens is 476 g/mol. The SMILES string of the molecule is CC(C)CNc1cc(-c2cccc(C(=O)NC3CC3)c2)nn2c(-c3ccc(C(=O)NC4CC4)cc3)cnc12. The molecule has 2 aliphatic rings. The zero-order valence-electron chi connectivity index (χ0n) is 21.7. The number of nitrogens with zero attached hydrogens (tertiary/aromatic N) is 3. The van der Waals surface area contributed by atoms with Gasteiger partial charge in [-0.15, -0.1) is 0 Å². The second-order valence-electron chi connectivity index (χ2n) is 10.8. The molecular formula is C30H32N6O2. The van der Waals surface area contributed by atoms with Crippen LogP contribution in [0.5, 0.6) is 0 Å². The molecule has 0 saturated heterocycles. The van der Waals surface area contributed by atoms with Gasteiger partial charge in [0.2, 0.25) is 0 Å². The second-order valence-corrected chi connectivity index (χ2v) is 10.8. The van der Waals surface area contributed by atoms with Gasteiger partial charge in [-0.1, -0.05) is 38.1 Å². The van der Waals surface area contributed by atoms with Gasteiger partial charge in [-0.25, -0.2) is 9.50 Å². The Hall–Kier alpha value is -4.20. The number of rotatable bonds is 9. The molecule has 2 saturated carbocycles. The zero-order valence-corrected chi connectivity index (χ0v) is 21.7. The third-order valence-electron chi connectivity index (χ3n) is 6.86. The normalized spacial score (nSPS) is 15.0. The fraction of sp³-hybridized carbons (Fsp3) is 0.333. The molecule has 8 heteroatoms. The molecule has 2 aromatic carbocycles. The van der Waals surface area contributed by atoms with E-state index in [0.717, 1.165) is 66.1 Å². The Bertz CT molecular complexity index is 1500. The number of carbonyl (C=O) groups excluding carboxylic acids is 2. The molecule has 2 fully saturated rings. The number of anilines is 1. The number of amides is 2. The van der Waals surface area contributed by atoms with E-state index in [1.165, 1.54) is 0 Å². The maximum atomic E-state index is 12.7. The number of aromatic nitrogens is 3. The van der Waals surface area contributed by atoms with Crippen LogP contribution in [0.25, 0.3) is 28.2 Å². The first-order valence-electron chi connectivity index (χ1n) is 13.4. The first kappa shape index (κ1) is 24.2. The minimum atomic E-state index is -0.0530. The monoisotopic (exact) mass is 508 g/mol. The third-order valence-corrected chi connectivity index (χ3v) is 6.86. The van der Waals surface area contributed by atoms with Crippen molar-refractivity contribution in [2.75, 3.05) is 11.9 Å². The predicted molar refractivity (Wildman–Crippen MR) is 148 cm³/mol. The Balaban J connectivity index is 1.37. The predicted octanol–water partition coefficient (Wildman–Crippen LogP) is 4.92. The molecule has 3 N–H and O–H groups in total. The molecule has 194 valence electrons. The van der Waals surface area contributed by atoms with Crippen molar-refractivity contribution in [2.24, 2.45) is 5.92 Å². The standard InChI is InChI=1S/C30H32N6O2/c1-18(2)16-31-26-15-25(21-4-3-5-22(14-21)30(38)34-24-12-13-24)35-36-27(17-32-28(26)36)19-6-8-20(9-7-19)29(37)33-23-10-11-23/h3-9,14-15,17-18,23-24,31H,10-13,16H2,1-2H3,(H,33,37)(H,34,38). The van der Waals surface area contributed by atoms with E-state index in [1.54, 1.807) is 0 Å². The average Bonchev–Trinajstić information content (AvgIpc) is 3.86. The van der Waals surface area contributed by atoms with Crippen LogP contribution < -0.4 is 16.0 Å². The Morgan fingerprint density at radius 3 is 2.24 bits per heavy atom. The summed E-state index contributed by atoms with van der Waals surface area (Å²) in [6.45, 7) is 5.11. The second kappa shape index (κ2) is 9.93. The van der Waals surface area contributed by atoms with E-state index in [9.17, 15) is 9.59 Å². The lowest BCUT2D eigenvalue weighted by molar-refractivity contribution is 0.0942. The highest BCUT2D eigenvalue weighted by atomic mass is 16.2. The summed E-state index contributed by atoms with van der Waals surface area (Å²) in [6, 6.07) is 17.8. The molecule has 2 aliphatic carbocycles. The van der Waals surface area contributed by atoms with Gasteiger partial charge in [-0.05, 0) is 61.9 Å². The molecule has 0 radical (unpaired) electrons. The van der Waals surface area contributed by atoms with Gasteiger partial charge in [0.05, 0.1) is 23.3 Å². The number of hydrogen-bond acceptors (Lipinski definition) is 5. The van der Waals surface area contributed by atoms with Crippen molar-refractivity contribution in [2.45, 2.75) is 51.6 Å². The fourth-order valence-corrected chi connectivity index (χ4v) is 4.36. The molecule has 0 unspecified atom stereocenters. The van der Waals surface area contributed by atoms with Crippen molar-refractivity contribution in [1.82, 2.24) is 25.2 Å². The van der Waals surface area contributed by atoms with Gasteiger partial charge in [0.25, 0.3) is 11.8 Å². The summed E-state index contributed by atoms with van der Waals surface area (Å²) in [7, 11) is 0. The number of nitrogens with one attached hydrogen (secondary N) is 3. The lowest BCUT2D eigenvalue weighted by atomic mass is 10.1. The van der Waals surface area contributed by atoms with E-state index in [2.05, 4.69) is 29.8 Å². The van der Waals surface area contributed by atoms with Gasteiger partial charge in [0, 0.05) is 40.9 Å². The van der Waals surface area contributed by atoms with Gasteiger partial charge in [-0.3, -0.25) is 9.59 Å². The van der Waals surface area contributed by atoms with Gasteiger partial charge >= 0.3 is 0 Å². The smallest absolute Gasteiger partial charge is 0.251 e. The summed E-state index contributed by atoms with van der Waals surface area (Å²) in [5, 5.41) is 14.6. The Labute approximate surface area is 221 Å². The van der Waals surface area contributed by atoms with Crippen molar-refractivity contribution >= 4 is 23.1 Å². The van der Waals surface area contributed by atoms with E-state index in [4.69, 9.17) is 10.1 Å². The summed E-state index contributed by atoms with van der Waals surface area (Å²) in [5.41, 5.74) is 6.20. The Morgan fingerprint density at radius 1 is 0.895 bits per heavy atom. The molecule has 2 heterocycles. The molecule has 0 spiro atoms. The quantitative estimate of drug-likeness (QED) is 0.298. The van der Waals surface area contributed by atoms with Gasteiger partial charge in [0.15, 0.2) is 5.65 Å². The van der Waals surface area contributed by atoms with Crippen LogP contribution in [-0.2, 0) is 0 Å². The van der Waals surface area contributed by atoms with Crippen molar-refractivity contribution in [1.29, 1.82) is 0 Å². The van der Waals surface area contributed by atoms with Crippen molar-refractivity contribution < 1.29 is 9.59 Å². The fourth-order valence-electron chi connectivity index (χ4n) is 4.36. The molecule has 0 atom stereocenters. The molecule has 0 aliphatic heterocycles.